The molecule has 1 aromatic rings. The summed E-state index contributed by atoms with van der Waals surface area (Å²) in [5.74, 6) is 1.38. The largest absolute Gasteiger partial charge is 0.486 e. The number of fused-ring (bicyclic) bond motifs is 1. The number of carbonyl (C=O) groups is 1. The quantitative estimate of drug-likeness (QED) is 0.800. The summed E-state index contributed by atoms with van der Waals surface area (Å²) in [4.78, 5) is 14.0. The van der Waals surface area contributed by atoms with Gasteiger partial charge in [0.25, 0.3) is 0 Å². The highest BCUT2D eigenvalue weighted by Gasteiger charge is 2.68. The van der Waals surface area contributed by atoms with E-state index in [1.807, 2.05) is 24.3 Å². The van der Waals surface area contributed by atoms with Crippen molar-refractivity contribution in [1.82, 2.24) is 4.90 Å². The number of para-hydroxylation sites is 2. The number of alkyl halides is 2. The molecule has 1 aliphatic carbocycles. The Balaban J connectivity index is 1.62. The number of ether oxygens (including phenoxy) is 2. The van der Waals surface area contributed by atoms with E-state index in [1.165, 1.54) is 0 Å². The molecule has 0 unspecified atom stereocenters. The van der Waals surface area contributed by atoms with Crippen molar-refractivity contribution in [2.45, 2.75) is 23.8 Å². The molecular weight excluding hydrogens is 313 g/mol. The molecule has 1 fully saturated rings. The fraction of sp³-hybridized carbons (Fsp3) is 0.533. The Morgan fingerprint density at radius 2 is 2.00 bits per heavy atom. The number of amides is 1. The first-order chi connectivity index (χ1) is 9.83. The van der Waals surface area contributed by atoms with Gasteiger partial charge < -0.3 is 14.4 Å². The molecule has 1 saturated carbocycles. The second-order valence-electron chi connectivity index (χ2n) is 5.90. The number of hydrogen-bond acceptors (Lipinski definition) is 3. The summed E-state index contributed by atoms with van der Waals surface area (Å²) in [7, 11) is 1.74. The van der Waals surface area contributed by atoms with Crippen LogP contribution in [0.4, 0.5) is 0 Å². The molecule has 0 saturated heterocycles. The fourth-order valence-electron chi connectivity index (χ4n) is 2.59. The normalized spacial score (nSPS) is 28.9. The van der Waals surface area contributed by atoms with E-state index in [4.69, 9.17) is 32.7 Å². The Labute approximate surface area is 133 Å². The second-order valence-corrected chi connectivity index (χ2v) is 7.38. The topological polar surface area (TPSA) is 38.8 Å². The molecule has 21 heavy (non-hydrogen) atoms. The summed E-state index contributed by atoms with van der Waals surface area (Å²) in [6.45, 7) is 2.64. The van der Waals surface area contributed by atoms with Gasteiger partial charge in [-0.1, -0.05) is 12.1 Å². The smallest absolute Gasteiger partial charge is 0.231 e. The van der Waals surface area contributed by atoms with Crippen LogP contribution in [-0.2, 0) is 4.79 Å². The number of nitrogens with zero attached hydrogens (tertiary/aromatic N) is 1. The van der Waals surface area contributed by atoms with Gasteiger partial charge in [-0.05, 0) is 25.5 Å². The molecule has 6 heteroatoms. The standard InChI is InChI=1S/C15H17Cl2NO3/c1-14(9-15(14,16)17)13(19)18(2)7-10-8-20-11-5-3-4-6-12(11)21-10/h3-6,10H,7-9H2,1-2H3/t10-,14-/m1/s1. The van der Waals surface area contributed by atoms with Crippen molar-refractivity contribution >= 4 is 29.1 Å². The molecule has 3 rings (SSSR count). The zero-order valence-electron chi connectivity index (χ0n) is 11.9. The third-order valence-electron chi connectivity index (χ3n) is 4.12. The highest BCUT2D eigenvalue weighted by atomic mass is 35.5. The summed E-state index contributed by atoms with van der Waals surface area (Å²) < 4.78 is 10.5. The van der Waals surface area contributed by atoms with Gasteiger partial charge in [-0.25, -0.2) is 0 Å². The van der Waals surface area contributed by atoms with Crippen molar-refractivity contribution in [3.05, 3.63) is 24.3 Å². The number of hydrogen-bond donors (Lipinski definition) is 0. The lowest BCUT2D eigenvalue weighted by molar-refractivity contribution is -0.136. The van der Waals surface area contributed by atoms with Crippen LogP contribution in [0.2, 0.25) is 0 Å². The van der Waals surface area contributed by atoms with Crippen molar-refractivity contribution in [1.29, 1.82) is 0 Å². The highest BCUT2D eigenvalue weighted by molar-refractivity contribution is 6.53. The maximum absolute atomic E-state index is 12.4. The molecule has 0 radical (unpaired) electrons. The minimum Gasteiger partial charge on any atom is -0.486 e. The third-order valence-corrected chi connectivity index (χ3v) is 5.22. The first-order valence-corrected chi connectivity index (χ1v) is 7.61. The Hall–Kier alpha value is -1.13. The van der Waals surface area contributed by atoms with Gasteiger partial charge in [0.05, 0.1) is 12.0 Å². The summed E-state index contributed by atoms with van der Waals surface area (Å²) >= 11 is 12.1. The average Bonchev–Trinajstić information content (AvgIpc) is 2.97. The lowest BCUT2D eigenvalue weighted by atomic mass is 10.1. The lowest BCUT2D eigenvalue weighted by Gasteiger charge is -2.30. The molecule has 114 valence electrons. The van der Waals surface area contributed by atoms with Crippen LogP contribution < -0.4 is 9.47 Å². The maximum Gasteiger partial charge on any atom is 0.231 e. The van der Waals surface area contributed by atoms with E-state index < -0.39 is 9.75 Å². The average molecular weight is 330 g/mol. The van der Waals surface area contributed by atoms with Crippen LogP contribution in [0.1, 0.15) is 13.3 Å². The van der Waals surface area contributed by atoms with Crippen LogP contribution in [0.15, 0.2) is 24.3 Å². The monoisotopic (exact) mass is 329 g/mol. The van der Waals surface area contributed by atoms with Gasteiger partial charge in [0.15, 0.2) is 17.6 Å². The molecular formula is C15H17Cl2NO3. The van der Waals surface area contributed by atoms with Gasteiger partial charge >= 0.3 is 0 Å². The van der Waals surface area contributed by atoms with Gasteiger partial charge in [-0.2, -0.15) is 0 Å². The molecule has 0 bridgehead atoms. The second kappa shape index (κ2) is 4.96. The van der Waals surface area contributed by atoms with Gasteiger partial charge in [0.2, 0.25) is 5.91 Å². The van der Waals surface area contributed by atoms with Crippen molar-refractivity contribution < 1.29 is 14.3 Å². The Morgan fingerprint density at radius 3 is 2.62 bits per heavy atom. The van der Waals surface area contributed by atoms with E-state index in [9.17, 15) is 4.79 Å². The predicted molar refractivity (Wildman–Crippen MR) is 81.2 cm³/mol. The molecule has 0 N–H and O–H groups in total. The molecule has 0 spiro atoms. The Kier molecular flexibility index (Phi) is 3.49. The highest BCUT2D eigenvalue weighted by Crippen LogP contribution is 2.64. The van der Waals surface area contributed by atoms with E-state index >= 15 is 0 Å². The van der Waals surface area contributed by atoms with Crippen molar-refractivity contribution in [2.75, 3.05) is 20.2 Å². The predicted octanol–water partition coefficient (Wildman–Crippen LogP) is 2.87. The first kappa shape index (κ1) is 14.8. The lowest BCUT2D eigenvalue weighted by Crippen LogP contribution is -2.44. The minimum atomic E-state index is -0.950. The molecule has 4 nitrogen and oxygen atoms in total. The van der Waals surface area contributed by atoms with Crippen molar-refractivity contribution in [2.24, 2.45) is 5.41 Å². The first-order valence-electron chi connectivity index (χ1n) is 6.85. The zero-order valence-corrected chi connectivity index (χ0v) is 13.4. The Morgan fingerprint density at radius 1 is 1.38 bits per heavy atom. The van der Waals surface area contributed by atoms with Crippen molar-refractivity contribution in [3.8, 4) is 11.5 Å². The van der Waals surface area contributed by atoms with E-state index in [2.05, 4.69) is 0 Å². The van der Waals surface area contributed by atoms with Crippen LogP contribution in [0.25, 0.3) is 0 Å². The number of benzene rings is 1. The van der Waals surface area contributed by atoms with Crippen LogP contribution in [0.5, 0.6) is 11.5 Å². The van der Waals surface area contributed by atoms with E-state index in [1.54, 1.807) is 18.9 Å². The third kappa shape index (κ3) is 2.55. The number of rotatable bonds is 3. The SMILES string of the molecule is CN(C[C@@H]1COc2ccccc2O1)C(=O)[C@@]1(C)CC1(Cl)Cl. The van der Waals surface area contributed by atoms with Crippen LogP contribution in [-0.4, -0.2) is 41.4 Å². The Bertz CT molecular complexity index is 578. The fourth-order valence-corrected chi connectivity index (χ4v) is 3.29. The molecule has 1 heterocycles. The van der Waals surface area contributed by atoms with Crippen molar-refractivity contribution in [3.63, 3.8) is 0 Å². The summed E-state index contributed by atoms with van der Waals surface area (Å²) in [6.07, 6.45) is 0.285. The molecule has 1 aliphatic heterocycles. The summed E-state index contributed by atoms with van der Waals surface area (Å²) in [5, 5.41) is 0. The zero-order chi connectivity index (χ0) is 15.3. The molecule has 0 aromatic heterocycles. The van der Waals surface area contributed by atoms with Gasteiger partial charge in [-0.3, -0.25) is 4.79 Å². The number of halogens is 2. The summed E-state index contributed by atoms with van der Waals surface area (Å²) in [5.41, 5.74) is -0.696. The number of carbonyl (C=O) groups excluding carboxylic acids is 1. The summed E-state index contributed by atoms with van der Waals surface area (Å²) in [6, 6.07) is 7.50. The van der Waals surface area contributed by atoms with E-state index in [0.29, 0.717) is 25.3 Å². The number of likely N-dealkylation sites (N-methyl/N-ethyl adjacent to an activating group) is 1. The molecule has 2 atom stereocenters. The van der Waals surface area contributed by atoms with Gasteiger partial charge in [0.1, 0.15) is 10.9 Å². The van der Waals surface area contributed by atoms with Crippen LogP contribution in [0, 0.1) is 5.41 Å². The minimum absolute atomic E-state index is 0.0602. The van der Waals surface area contributed by atoms with Crippen LogP contribution >= 0.6 is 23.2 Å². The molecule has 1 amide bonds. The van der Waals surface area contributed by atoms with Gasteiger partial charge in [0, 0.05) is 7.05 Å². The van der Waals surface area contributed by atoms with E-state index in [0.717, 1.165) is 5.75 Å². The molecule has 2 aliphatic rings. The maximum atomic E-state index is 12.4. The van der Waals surface area contributed by atoms with Gasteiger partial charge in [-0.15, -0.1) is 23.2 Å². The van der Waals surface area contributed by atoms with E-state index in [-0.39, 0.29) is 12.0 Å². The molecule has 1 aromatic carbocycles. The van der Waals surface area contributed by atoms with Crippen LogP contribution in [0.3, 0.4) is 0 Å².